The number of likely N-dealkylation sites (N-methyl/N-ethyl adjacent to an activating group) is 1. The fourth-order valence-electron chi connectivity index (χ4n) is 2.12. The van der Waals surface area contributed by atoms with Crippen molar-refractivity contribution in [1.29, 1.82) is 0 Å². The molecule has 1 saturated heterocycles. The lowest BCUT2D eigenvalue weighted by atomic mass is 10.1. The summed E-state index contributed by atoms with van der Waals surface area (Å²) in [7, 11) is -2.94. The van der Waals surface area contributed by atoms with Crippen LogP contribution in [0.15, 0.2) is 0 Å². The molecule has 96 valence electrons. The van der Waals surface area contributed by atoms with Crippen molar-refractivity contribution in [2.24, 2.45) is 5.73 Å². The average Bonchev–Trinajstić information content (AvgIpc) is 2.47. The molecular weight excluding hydrogens is 228 g/mol. The van der Waals surface area contributed by atoms with E-state index in [4.69, 9.17) is 10.5 Å². The topological polar surface area (TPSA) is 72.6 Å². The maximum absolute atomic E-state index is 11.5. The van der Waals surface area contributed by atoms with Gasteiger partial charge in [0.15, 0.2) is 9.84 Å². The minimum atomic E-state index is -2.94. The van der Waals surface area contributed by atoms with E-state index in [-0.39, 0.29) is 23.6 Å². The van der Waals surface area contributed by atoms with Crippen LogP contribution in [0, 0.1) is 0 Å². The molecule has 1 aliphatic heterocycles. The molecule has 1 fully saturated rings. The Morgan fingerprint density at radius 2 is 2.06 bits per heavy atom. The Balaban J connectivity index is 2.53. The molecule has 5 nitrogen and oxygen atoms in total. The van der Waals surface area contributed by atoms with E-state index in [9.17, 15) is 8.42 Å². The molecule has 1 rings (SSSR count). The molecule has 0 amide bonds. The van der Waals surface area contributed by atoms with E-state index < -0.39 is 9.84 Å². The van der Waals surface area contributed by atoms with Gasteiger partial charge < -0.3 is 10.5 Å². The maximum Gasteiger partial charge on any atom is 0.153 e. The average molecular weight is 250 g/mol. The molecule has 0 aromatic rings. The first-order valence-electron chi connectivity index (χ1n) is 5.78. The van der Waals surface area contributed by atoms with Gasteiger partial charge in [-0.3, -0.25) is 4.90 Å². The summed E-state index contributed by atoms with van der Waals surface area (Å²) < 4.78 is 28.2. The monoisotopic (exact) mass is 250 g/mol. The highest BCUT2D eigenvalue weighted by atomic mass is 32.2. The zero-order valence-electron chi connectivity index (χ0n) is 10.1. The van der Waals surface area contributed by atoms with E-state index in [1.807, 2.05) is 13.8 Å². The van der Waals surface area contributed by atoms with Crippen LogP contribution >= 0.6 is 0 Å². The Kier molecular flexibility index (Phi) is 5.17. The Labute approximate surface area is 97.9 Å². The minimum absolute atomic E-state index is 0.0459. The van der Waals surface area contributed by atoms with Crippen molar-refractivity contribution in [2.75, 3.05) is 37.8 Å². The predicted molar refractivity (Wildman–Crippen MR) is 64.2 cm³/mol. The minimum Gasteiger partial charge on any atom is -0.380 e. The van der Waals surface area contributed by atoms with Crippen LogP contribution in [0.5, 0.6) is 0 Å². The SMILES string of the molecule is CCOCCN(CC)C1CS(=O)(=O)CC1N. The normalized spacial score (nSPS) is 28.8. The van der Waals surface area contributed by atoms with Crippen molar-refractivity contribution in [3.05, 3.63) is 0 Å². The van der Waals surface area contributed by atoms with Gasteiger partial charge in [0.05, 0.1) is 18.1 Å². The maximum atomic E-state index is 11.5. The molecule has 0 radical (unpaired) electrons. The van der Waals surface area contributed by atoms with E-state index in [0.717, 1.165) is 13.1 Å². The second kappa shape index (κ2) is 5.95. The van der Waals surface area contributed by atoms with Crippen molar-refractivity contribution in [3.63, 3.8) is 0 Å². The second-order valence-corrected chi connectivity index (χ2v) is 6.29. The molecule has 6 heteroatoms. The van der Waals surface area contributed by atoms with Gasteiger partial charge in [-0.2, -0.15) is 0 Å². The summed E-state index contributed by atoms with van der Waals surface area (Å²) in [4.78, 5) is 2.10. The lowest BCUT2D eigenvalue weighted by Crippen LogP contribution is -2.48. The van der Waals surface area contributed by atoms with Crippen LogP contribution in [0.2, 0.25) is 0 Å². The van der Waals surface area contributed by atoms with Crippen molar-refractivity contribution in [2.45, 2.75) is 25.9 Å². The van der Waals surface area contributed by atoms with Crippen LogP contribution in [-0.2, 0) is 14.6 Å². The highest BCUT2D eigenvalue weighted by molar-refractivity contribution is 7.91. The van der Waals surface area contributed by atoms with Gasteiger partial charge in [-0.25, -0.2) is 8.42 Å². The number of sulfone groups is 1. The van der Waals surface area contributed by atoms with Crippen LogP contribution in [0.3, 0.4) is 0 Å². The number of hydrogen-bond donors (Lipinski definition) is 1. The summed E-state index contributed by atoms with van der Waals surface area (Å²) in [6.45, 7) is 6.84. The second-order valence-electron chi connectivity index (χ2n) is 4.13. The Morgan fingerprint density at radius 3 is 2.50 bits per heavy atom. The fraction of sp³-hybridized carbons (Fsp3) is 1.00. The van der Waals surface area contributed by atoms with Crippen LogP contribution in [0.4, 0.5) is 0 Å². The number of hydrogen-bond acceptors (Lipinski definition) is 5. The smallest absolute Gasteiger partial charge is 0.153 e. The van der Waals surface area contributed by atoms with Gasteiger partial charge in [-0.1, -0.05) is 6.92 Å². The van der Waals surface area contributed by atoms with E-state index in [1.165, 1.54) is 0 Å². The molecule has 1 heterocycles. The van der Waals surface area contributed by atoms with Crippen LogP contribution in [0.1, 0.15) is 13.8 Å². The van der Waals surface area contributed by atoms with Gasteiger partial charge in [0.1, 0.15) is 0 Å². The molecular formula is C10H22N2O3S. The summed E-state index contributed by atoms with van der Waals surface area (Å²) in [5, 5.41) is 0. The molecule has 2 unspecified atom stereocenters. The van der Waals surface area contributed by atoms with Crippen molar-refractivity contribution in [3.8, 4) is 0 Å². The lowest BCUT2D eigenvalue weighted by Gasteiger charge is -2.29. The number of ether oxygens (including phenoxy) is 1. The van der Waals surface area contributed by atoms with Crippen LogP contribution in [-0.4, -0.2) is 63.2 Å². The number of nitrogens with zero attached hydrogens (tertiary/aromatic N) is 1. The molecule has 2 N–H and O–H groups in total. The third-order valence-corrected chi connectivity index (χ3v) is 4.71. The molecule has 0 aromatic carbocycles. The standard InChI is InChI=1S/C10H22N2O3S/c1-3-12(5-6-15-4-2)10-8-16(13,14)7-9(10)11/h9-10H,3-8,11H2,1-2H3. The summed E-state index contributed by atoms with van der Waals surface area (Å²) in [5.41, 5.74) is 5.87. The van der Waals surface area contributed by atoms with Crippen molar-refractivity contribution >= 4 is 9.84 Å². The highest BCUT2D eigenvalue weighted by Crippen LogP contribution is 2.16. The largest absolute Gasteiger partial charge is 0.380 e. The van der Waals surface area contributed by atoms with Crippen molar-refractivity contribution in [1.82, 2.24) is 4.90 Å². The molecule has 2 atom stereocenters. The van der Waals surface area contributed by atoms with Gasteiger partial charge in [-0.05, 0) is 13.5 Å². The number of rotatable bonds is 6. The van der Waals surface area contributed by atoms with E-state index in [2.05, 4.69) is 4.90 Å². The molecule has 1 aliphatic rings. The van der Waals surface area contributed by atoms with Gasteiger partial charge in [0.25, 0.3) is 0 Å². The third kappa shape index (κ3) is 3.69. The Morgan fingerprint density at radius 1 is 1.38 bits per heavy atom. The molecule has 0 saturated carbocycles. The van der Waals surface area contributed by atoms with Gasteiger partial charge in [0.2, 0.25) is 0 Å². The summed E-state index contributed by atoms with van der Waals surface area (Å²) >= 11 is 0. The lowest BCUT2D eigenvalue weighted by molar-refractivity contribution is 0.0982. The first-order valence-corrected chi connectivity index (χ1v) is 7.60. The molecule has 16 heavy (non-hydrogen) atoms. The van der Waals surface area contributed by atoms with Crippen LogP contribution < -0.4 is 5.73 Å². The predicted octanol–water partition coefficient (Wildman–Crippen LogP) is -0.531. The van der Waals surface area contributed by atoms with Gasteiger partial charge >= 0.3 is 0 Å². The highest BCUT2D eigenvalue weighted by Gasteiger charge is 2.38. The first-order chi connectivity index (χ1) is 7.50. The zero-order chi connectivity index (χ0) is 12.2. The van der Waals surface area contributed by atoms with Gasteiger partial charge in [-0.15, -0.1) is 0 Å². The Hall–Kier alpha value is -0.170. The van der Waals surface area contributed by atoms with Crippen LogP contribution in [0.25, 0.3) is 0 Å². The zero-order valence-corrected chi connectivity index (χ0v) is 10.9. The van der Waals surface area contributed by atoms with Crippen molar-refractivity contribution < 1.29 is 13.2 Å². The molecule has 0 aromatic heterocycles. The van der Waals surface area contributed by atoms with E-state index in [1.54, 1.807) is 0 Å². The third-order valence-electron chi connectivity index (χ3n) is 2.97. The van der Waals surface area contributed by atoms with Gasteiger partial charge in [0, 0.05) is 25.2 Å². The van der Waals surface area contributed by atoms with E-state index in [0.29, 0.717) is 13.2 Å². The summed E-state index contributed by atoms with van der Waals surface area (Å²) in [6.07, 6.45) is 0. The first kappa shape index (κ1) is 13.9. The fourth-order valence-corrected chi connectivity index (χ4v) is 4.04. The summed E-state index contributed by atoms with van der Waals surface area (Å²) in [5.74, 6) is 0.303. The molecule has 0 spiro atoms. The molecule has 0 aliphatic carbocycles. The quantitative estimate of drug-likeness (QED) is 0.642. The van der Waals surface area contributed by atoms with E-state index >= 15 is 0 Å². The number of nitrogens with two attached hydrogens (primary N) is 1. The molecule has 0 bridgehead atoms. The Bertz CT molecular complexity index is 305. The summed E-state index contributed by atoms with van der Waals surface area (Å²) in [6, 6.07) is -0.304.